The van der Waals surface area contributed by atoms with E-state index in [-0.39, 0.29) is 21.1 Å². The van der Waals surface area contributed by atoms with E-state index in [0.717, 1.165) is 0 Å². The molecule has 11 heavy (non-hydrogen) atoms. The molecule has 0 saturated carbocycles. The van der Waals surface area contributed by atoms with Crippen molar-refractivity contribution in [2.24, 2.45) is 0 Å². The van der Waals surface area contributed by atoms with E-state index >= 15 is 0 Å². The normalized spacial score (nSPS) is 10.5. The summed E-state index contributed by atoms with van der Waals surface area (Å²) in [6.07, 6.45) is 0. The Morgan fingerprint density at radius 1 is 0.636 bits per heavy atom. The minimum atomic E-state index is -4.67. The third-order valence-corrected chi connectivity index (χ3v) is 0. The third kappa shape index (κ3) is 4040. The van der Waals surface area contributed by atoms with Crippen LogP contribution in [0.25, 0.3) is 0 Å². The van der Waals surface area contributed by atoms with Gasteiger partial charge >= 0.3 is 20.8 Å². The monoisotopic (exact) mass is 380 g/mol. The van der Waals surface area contributed by atoms with Crippen molar-refractivity contribution in [2.45, 2.75) is 0 Å². The van der Waals surface area contributed by atoms with E-state index < -0.39 is 20.8 Å². The largest absolute Gasteiger partial charge is 0.394 e. The molecule has 0 rings (SSSR count). The summed E-state index contributed by atoms with van der Waals surface area (Å²) in [5.74, 6) is 0. The van der Waals surface area contributed by atoms with Crippen LogP contribution < -0.4 is 0 Å². The van der Waals surface area contributed by atoms with Crippen molar-refractivity contribution in [3.8, 4) is 0 Å². The van der Waals surface area contributed by atoms with Crippen LogP contribution >= 0.6 is 0 Å². The summed E-state index contributed by atoms with van der Waals surface area (Å²) in [6, 6.07) is 0. The van der Waals surface area contributed by atoms with Crippen molar-refractivity contribution in [3.05, 3.63) is 0 Å². The molecule has 0 atom stereocenters. The van der Waals surface area contributed by atoms with E-state index in [4.69, 9.17) is 35.0 Å². The number of hydrogen-bond acceptors (Lipinski definition) is 4. The average Bonchev–Trinajstić information content (AvgIpc) is 1.12. The molecule has 0 heterocycles. The second-order valence-corrected chi connectivity index (χ2v) is 2.69. The Morgan fingerprint density at radius 2 is 0.636 bits per heavy atom. The maximum Gasteiger partial charge on any atom is 0.394 e. The Balaban J connectivity index is -0.000000107. The minimum absolute atomic E-state index is 0. The topological polar surface area (TPSA) is 149 Å². The second-order valence-electron chi connectivity index (χ2n) is 0.896. The van der Waals surface area contributed by atoms with Gasteiger partial charge in [0, 0.05) is 21.1 Å². The predicted molar refractivity (Wildman–Crippen MR) is 28.4 cm³/mol. The molecule has 0 aromatic carbocycles. The van der Waals surface area contributed by atoms with Gasteiger partial charge in [-0.2, -0.15) is 16.8 Å². The molecule has 0 aliphatic carbocycles. The fourth-order valence-electron chi connectivity index (χ4n) is 0. The fraction of sp³-hybridized carbons (Fsp3) is 0. The summed E-state index contributed by atoms with van der Waals surface area (Å²) >= 11 is 0. The quantitative estimate of drug-likeness (QED) is 0.379. The molecular formula is H4O8S2W. The molecule has 0 aromatic rings. The zero-order chi connectivity index (χ0) is 9.00. The van der Waals surface area contributed by atoms with E-state index in [1.807, 2.05) is 0 Å². The molecule has 0 radical (unpaired) electrons. The molecule has 0 aliphatic rings. The molecule has 8 nitrogen and oxygen atoms in total. The van der Waals surface area contributed by atoms with Gasteiger partial charge in [-0.15, -0.1) is 0 Å². The molecule has 0 spiro atoms. The number of rotatable bonds is 0. The molecule has 0 amide bonds. The molecule has 4 N–H and O–H groups in total. The number of hydrogen-bond donors (Lipinski definition) is 4. The van der Waals surface area contributed by atoms with Crippen molar-refractivity contribution in [2.75, 3.05) is 0 Å². The zero-order valence-corrected chi connectivity index (χ0v) is 9.21. The van der Waals surface area contributed by atoms with E-state index in [9.17, 15) is 0 Å². The summed E-state index contributed by atoms with van der Waals surface area (Å²) < 4.78 is 63.2. The first kappa shape index (κ1) is 17.5. The maximum atomic E-state index is 8.74. The van der Waals surface area contributed by atoms with Gasteiger partial charge in [0.15, 0.2) is 0 Å². The smallest absolute Gasteiger partial charge is 0.264 e. The van der Waals surface area contributed by atoms with Crippen LogP contribution in [-0.4, -0.2) is 35.0 Å². The predicted octanol–water partition coefficient (Wildman–Crippen LogP) is -1.31. The minimum Gasteiger partial charge on any atom is -0.264 e. The SMILES string of the molecule is O=S(=O)(O)O.O=S(=O)(O)O.[W]. The van der Waals surface area contributed by atoms with Crippen LogP contribution in [-0.2, 0) is 41.9 Å². The van der Waals surface area contributed by atoms with Gasteiger partial charge in [0.25, 0.3) is 0 Å². The first-order chi connectivity index (χ1) is 4.00. The standard InChI is InChI=1S/2H2O4S.W/c2*1-5(2,3)4;/h2*(H2,1,2,3,4);. The molecule has 0 unspecified atom stereocenters. The third-order valence-electron chi connectivity index (χ3n) is 0. The van der Waals surface area contributed by atoms with Gasteiger partial charge in [0.2, 0.25) is 0 Å². The van der Waals surface area contributed by atoms with Gasteiger partial charge in [-0.3, -0.25) is 18.2 Å². The van der Waals surface area contributed by atoms with Crippen LogP contribution in [0.1, 0.15) is 0 Å². The van der Waals surface area contributed by atoms with Gasteiger partial charge < -0.3 is 0 Å². The van der Waals surface area contributed by atoms with Gasteiger partial charge in [0.1, 0.15) is 0 Å². The van der Waals surface area contributed by atoms with Gasteiger partial charge in [-0.05, 0) is 0 Å². The summed E-state index contributed by atoms with van der Waals surface area (Å²) in [6.45, 7) is 0. The summed E-state index contributed by atoms with van der Waals surface area (Å²) in [5, 5.41) is 0. The zero-order valence-electron chi connectivity index (χ0n) is 4.65. The van der Waals surface area contributed by atoms with Crippen molar-refractivity contribution in [3.63, 3.8) is 0 Å². The van der Waals surface area contributed by atoms with Crippen LogP contribution in [0.5, 0.6) is 0 Å². The summed E-state index contributed by atoms with van der Waals surface area (Å²) in [5.41, 5.74) is 0. The molecule has 0 fully saturated rings. The Morgan fingerprint density at radius 3 is 0.636 bits per heavy atom. The van der Waals surface area contributed by atoms with Crippen molar-refractivity contribution in [1.82, 2.24) is 0 Å². The van der Waals surface area contributed by atoms with Gasteiger partial charge in [-0.25, -0.2) is 0 Å². The molecule has 0 bridgehead atoms. The van der Waals surface area contributed by atoms with E-state index in [2.05, 4.69) is 0 Å². The Labute approximate surface area is 77.0 Å². The van der Waals surface area contributed by atoms with Crippen molar-refractivity contribution in [1.29, 1.82) is 0 Å². The van der Waals surface area contributed by atoms with Crippen LogP contribution in [0.2, 0.25) is 0 Å². The summed E-state index contributed by atoms with van der Waals surface area (Å²) in [4.78, 5) is 0. The Kier molecular flexibility index (Phi) is 9.55. The van der Waals surface area contributed by atoms with Crippen LogP contribution in [0.3, 0.4) is 0 Å². The van der Waals surface area contributed by atoms with Crippen LogP contribution in [0.15, 0.2) is 0 Å². The molecule has 70 valence electrons. The van der Waals surface area contributed by atoms with E-state index in [0.29, 0.717) is 0 Å². The van der Waals surface area contributed by atoms with E-state index in [1.54, 1.807) is 0 Å². The maximum absolute atomic E-state index is 8.74. The van der Waals surface area contributed by atoms with Crippen molar-refractivity contribution >= 4 is 20.8 Å². The fourth-order valence-corrected chi connectivity index (χ4v) is 0. The second kappa shape index (κ2) is 6.00. The summed E-state index contributed by atoms with van der Waals surface area (Å²) in [7, 11) is -9.33. The van der Waals surface area contributed by atoms with Gasteiger partial charge in [-0.1, -0.05) is 0 Å². The van der Waals surface area contributed by atoms with Gasteiger partial charge in [0.05, 0.1) is 0 Å². The van der Waals surface area contributed by atoms with Crippen LogP contribution in [0.4, 0.5) is 0 Å². The van der Waals surface area contributed by atoms with E-state index in [1.165, 1.54) is 0 Å². The Hall–Kier alpha value is 0.428. The molecule has 11 heteroatoms. The first-order valence-electron chi connectivity index (χ1n) is 1.40. The molecular weight excluding hydrogens is 376 g/mol. The van der Waals surface area contributed by atoms with Crippen molar-refractivity contribution < 1.29 is 56.1 Å². The average molecular weight is 380 g/mol. The Bertz CT molecular complexity index is 208. The molecule has 0 aromatic heterocycles. The first-order valence-corrected chi connectivity index (χ1v) is 4.19. The molecule has 0 saturated heterocycles. The molecule has 0 aliphatic heterocycles. The van der Waals surface area contributed by atoms with Crippen LogP contribution in [0, 0.1) is 0 Å².